The molecule has 1 N–H and O–H groups in total. The first-order valence-corrected chi connectivity index (χ1v) is 7.35. The Labute approximate surface area is 127 Å². The number of nitrogens with zero attached hydrogens (tertiary/aromatic N) is 1. The van der Waals surface area contributed by atoms with Gasteiger partial charge in [0.25, 0.3) is 0 Å². The molecular formula is C16H18FNO4. The van der Waals surface area contributed by atoms with Gasteiger partial charge in [0.2, 0.25) is 0 Å². The quantitative estimate of drug-likeness (QED) is 0.932. The molecule has 1 aromatic carbocycles. The van der Waals surface area contributed by atoms with E-state index in [-0.39, 0.29) is 32.5 Å². The van der Waals surface area contributed by atoms with Crippen molar-refractivity contribution in [2.45, 2.75) is 31.5 Å². The van der Waals surface area contributed by atoms with Crippen molar-refractivity contribution in [3.63, 3.8) is 0 Å². The normalized spacial score (nSPS) is 30.1. The van der Waals surface area contributed by atoms with E-state index in [0.29, 0.717) is 6.42 Å². The molecule has 0 radical (unpaired) electrons. The van der Waals surface area contributed by atoms with E-state index in [2.05, 4.69) is 0 Å². The van der Waals surface area contributed by atoms with E-state index in [0.717, 1.165) is 5.56 Å². The summed E-state index contributed by atoms with van der Waals surface area (Å²) < 4.78 is 20.1. The van der Waals surface area contributed by atoms with Crippen LogP contribution in [0.1, 0.15) is 24.8 Å². The molecule has 1 heterocycles. The molecule has 5 nitrogen and oxygen atoms in total. The molecule has 2 fully saturated rings. The average Bonchev–Trinajstić information content (AvgIpc) is 2.97. The van der Waals surface area contributed by atoms with E-state index < -0.39 is 23.1 Å². The van der Waals surface area contributed by atoms with Crippen LogP contribution in [-0.2, 0) is 16.1 Å². The molecule has 1 aliphatic carbocycles. The summed E-state index contributed by atoms with van der Waals surface area (Å²) in [5.74, 6) is -1.16. The zero-order valence-corrected chi connectivity index (χ0v) is 12.1. The number of hydrogen-bond donors (Lipinski definition) is 1. The first kappa shape index (κ1) is 14.8. The van der Waals surface area contributed by atoms with Gasteiger partial charge < -0.3 is 14.7 Å². The third-order valence-corrected chi connectivity index (χ3v) is 4.81. The van der Waals surface area contributed by atoms with Crippen molar-refractivity contribution in [3.05, 3.63) is 35.9 Å². The molecule has 1 saturated heterocycles. The molecule has 2 unspecified atom stereocenters. The first-order chi connectivity index (χ1) is 10.5. The number of hydrogen-bond acceptors (Lipinski definition) is 3. The number of carbonyl (C=O) groups is 2. The maximum absolute atomic E-state index is 14.9. The minimum absolute atomic E-state index is 0.0928. The molecule has 3 rings (SSSR count). The van der Waals surface area contributed by atoms with Crippen molar-refractivity contribution in [2.75, 3.05) is 13.1 Å². The Hall–Kier alpha value is -2.11. The van der Waals surface area contributed by atoms with Crippen molar-refractivity contribution in [3.8, 4) is 0 Å². The van der Waals surface area contributed by atoms with Gasteiger partial charge in [0.1, 0.15) is 17.7 Å². The highest BCUT2D eigenvalue weighted by atomic mass is 19.1. The molecular weight excluding hydrogens is 289 g/mol. The van der Waals surface area contributed by atoms with Crippen molar-refractivity contribution < 1.29 is 23.8 Å². The molecule has 2 atom stereocenters. The minimum atomic E-state index is -1.84. The van der Waals surface area contributed by atoms with Gasteiger partial charge in [0.15, 0.2) is 0 Å². The Morgan fingerprint density at radius 2 is 1.95 bits per heavy atom. The van der Waals surface area contributed by atoms with Gasteiger partial charge in [0, 0.05) is 6.54 Å². The number of fused-ring (bicyclic) bond motifs is 1. The number of carboxylic acids is 1. The molecule has 0 spiro atoms. The number of carboxylic acid groups (broad SMARTS) is 1. The van der Waals surface area contributed by atoms with Crippen LogP contribution in [0.15, 0.2) is 30.3 Å². The fourth-order valence-electron chi connectivity index (χ4n) is 3.57. The molecule has 22 heavy (non-hydrogen) atoms. The Balaban J connectivity index is 1.67. The summed E-state index contributed by atoms with van der Waals surface area (Å²) in [4.78, 5) is 24.8. The Morgan fingerprint density at radius 1 is 1.23 bits per heavy atom. The SMILES string of the molecule is O=C(OCc1ccccc1)N1CC2(F)CCCC2(C(=O)O)C1. The zero-order valence-electron chi connectivity index (χ0n) is 12.1. The molecule has 118 valence electrons. The topological polar surface area (TPSA) is 66.8 Å². The zero-order chi connectivity index (χ0) is 15.8. The number of halogens is 1. The largest absolute Gasteiger partial charge is 0.481 e. The number of amides is 1. The van der Waals surface area contributed by atoms with Gasteiger partial charge >= 0.3 is 12.1 Å². The summed E-state index contributed by atoms with van der Waals surface area (Å²) in [5, 5.41) is 9.43. The lowest BCUT2D eigenvalue weighted by molar-refractivity contribution is -0.153. The molecule has 1 aliphatic heterocycles. The molecule has 1 amide bonds. The highest BCUT2D eigenvalue weighted by Crippen LogP contribution is 2.54. The van der Waals surface area contributed by atoms with Gasteiger partial charge in [-0.05, 0) is 24.8 Å². The standard InChI is InChI=1S/C16H18FNO4/c17-16-8-4-7-15(16,13(19)20)10-18(11-16)14(21)22-9-12-5-2-1-3-6-12/h1-3,5-6H,4,7-11H2,(H,19,20). The lowest BCUT2D eigenvalue weighted by atomic mass is 9.78. The van der Waals surface area contributed by atoms with Crippen LogP contribution in [0.3, 0.4) is 0 Å². The number of ether oxygens (including phenoxy) is 1. The summed E-state index contributed by atoms with van der Waals surface area (Å²) in [6.07, 6.45) is 0.328. The van der Waals surface area contributed by atoms with Crippen LogP contribution in [0.5, 0.6) is 0 Å². The lowest BCUT2D eigenvalue weighted by Crippen LogP contribution is -2.45. The first-order valence-electron chi connectivity index (χ1n) is 7.35. The predicted molar refractivity (Wildman–Crippen MR) is 76.0 cm³/mol. The maximum Gasteiger partial charge on any atom is 0.410 e. The highest BCUT2D eigenvalue weighted by Gasteiger charge is 2.67. The number of carbonyl (C=O) groups excluding carboxylic acids is 1. The molecule has 6 heteroatoms. The van der Waals surface area contributed by atoms with Crippen molar-refractivity contribution in [2.24, 2.45) is 5.41 Å². The summed E-state index contributed by atoms with van der Waals surface area (Å²) in [6, 6.07) is 9.16. The maximum atomic E-state index is 14.9. The van der Waals surface area contributed by atoms with E-state index in [9.17, 15) is 19.1 Å². The van der Waals surface area contributed by atoms with Crippen LogP contribution in [-0.4, -0.2) is 40.8 Å². The molecule has 0 bridgehead atoms. The number of rotatable bonds is 3. The van der Waals surface area contributed by atoms with Gasteiger partial charge in [-0.25, -0.2) is 9.18 Å². The van der Waals surface area contributed by atoms with E-state index in [1.54, 1.807) is 0 Å². The lowest BCUT2D eigenvalue weighted by Gasteiger charge is -2.27. The summed E-state index contributed by atoms with van der Waals surface area (Å²) in [7, 11) is 0. The number of benzene rings is 1. The van der Waals surface area contributed by atoms with Crippen molar-refractivity contribution in [1.29, 1.82) is 0 Å². The third-order valence-electron chi connectivity index (χ3n) is 4.81. The van der Waals surface area contributed by atoms with E-state index in [4.69, 9.17) is 4.74 Å². The molecule has 1 saturated carbocycles. The Morgan fingerprint density at radius 3 is 2.59 bits per heavy atom. The van der Waals surface area contributed by atoms with Crippen molar-refractivity contribution >= 4 is 12.1 Å². The van der Waals surface area contributed by atoms with Gasteiger partial charge in [-0.15, -0.1) is 0 Å². The predicted octanol–water partition coefficient (Wildman–Crippen LogP) is 2.60. The van der Waals surface area contributed by atoms with Crippen LogP contribution in [0, 0.1) is 5.41 Å². The van der Waals surface area contributed by atoms with Crippen molar-refractivity contribution in [1.82, 2.24) is 4.90 Å². The summed E-state index contributed by atoms with van der Waals surface area (Å²) >= 11 is 0. The Kier molecular flexibility index (Phi) is 3.54. The molecule has 1 aromatic rings. The second-order valence-electron chi connectivity index (χ2n) is 6.10. The summed E-state index contributed by atoms with van der Waals surface area (Å²) in [5.41, 5.74) is -2.48. The monoisotopic (exact) mass is 307 g/mol. The second-order valence-corrected chi connectivity index (χ2v) is 6.10. The van der Waals surface area contributed by atoms with Gasteiger partial charge in [0.05, 0.1) is 6.54 Å². The van der Waals surface area contributed by atoms with E-state index in [1.165, 1.54) is 4.90 Å². The second kappa shape index (κ2) is 5.26. The molecule has 0 aromatic heterocycles. The highest BCUT2D eigenvalue weighted by molar-refractivity contribution is 5.80. The third kappa shape index (κ3) is 2.23. The number of alkyl halides is 1. The van der Waals surface area contributed by atoms with Gasteiger partial charge in [-0.3, -0.25) is 4.79 Å². The van der Waals surface area contributed by atoms with Crippen LogP contribution in [0.4, 0.5) is 9.18 Å². The van der Waals surface area contributed by atoms with Crippen LogP contribution in [0.25, 0.3) is 0 Å². The van der Waals surface area contributed by atoms with Gasteiger partial charge in [-0.1, -0.05) is 30.3 Å². The van der Waals surface area contributed by atoms with Gasteiger partial charge in [-0.2, -0.15) is 0 Å². The van der Waals surface area contributed by atoms with Crippen LogP contribution < -0.4 is 0 Å². The molecule has 2 aliphatic rings. The number of aliphatic carboxylic acids is 1. The summed E-state index contributed by atoms with van der Waals surface area (Å²) in [6.45, 7) is -0.227. The fourth-order valence-corrected chi connectivity index (χ4v) is 3.57. The van der Waals surface area contributed by atoms with Crippen LogP contribution in [0.2, 0.25) is 0 Å². The van der Waals surface area contributed by atoms with E-state index >= 15 is 0 Å². The van der Waals surface area contributed by atoms with E-state index in [1.807, 2.05) is 30.3 Å². The minimum Gasteiger partial charge on any atom is -0.481 e. The van der Waals surface area contributed by atoms with Crippen LogP contribution >= 0.6 is 0 Å². The average molecular weight is 307 g/mol. The fraction of sp³-hybridized carbons (Fsp3) is 0.500. The smallest absolute Gasteiger partial charge is 0.410 e. The number of likely N-dealkylation sites (tertiary alicyclic amines) is 1. The Bertz CT molecular complexity index is 593.